The summed E-state index contributed by atoms with van der Waals surface area (Å²) in [6.07, 6.45) is 2.20. The van der Waals surface area contributed by atoms with Crippen LogP contribution in [0.15, 0.2) is 18.2 Å². The summed E-state index contributed by atoms with van der Waals surface area (Å²) in [5.74, 6) is -0.850. The Labute approximate surface area is 133 Å². The van der Waals surface area contributed by atoms with Crippen LogP contribution in [0.25, 0.3) is 0 Å². The summed E-state index contributed by atoms with van der Waals surface area (Å²) in [5, 5.41) is 13.9. The largest absolute Gasteiger partial charge is 0.480 e. The van der Waals surface area contributed by atoms with Gasteiger partial charge in [-0.2, -0.15) is 11.8 Å². The molecule has 20 heavy (non-hydrogen) atoms. The number of anilines is 1. The summed E-state index contributed by atoms with van der Waals surface area (Å²) >= 11 is 3.39. The highest BCUT2D eigenvalue weighted by molar-refractivity contribution is 14.1. The van der Waals surface area contributed by atoms with Crippen molar-refractivity contribution in [1.82, 2.24) is 5.32 Å². The van der Waals surface area contributed by atoms with Crippen molar-refractivity contribution in [3.63, 3.8) is 0 Å². The van der Waals surface area contributed by atoms with Crippen molar-refractivity contribution in [2.75, 3.05) is 17.3 Å². The molecule has 5 nitrogen and oxygen atoms in total. The Morgan fingerprint density at radius 2 is 2.20 bits per heavy atom. The molecule has 0 heterocycles. The van der Waals surface area contributed by atoms with Crippen LogP contribution in [0.1, 0.15) is 6.42 Å². The van der Waals surface area contributed by atoms with Crippen molar-refractivity contribution in [3.05, 3.63) is 27.6 Å². The van der Waals surface area contributed by atoms with Crippen LogP contribution in [-0.2, 0) is 4.79 Å². The molecule has 0 fully saturated rings. The highest BCUT2D eigenvalue weighted by atomic mass is 127. The van der Waals surface area contributed by atoms with Gasteiger partial charge in [-0.3, -0.25) is 0 Å². The second-order valence-corrected chi connectivity index (χ2v) is 6.04. The minimum Gasteiger partial charge on any atom is -0.480 e. The first-order valence-corrected chi connectivity index (χ1v) is 8.15. The summed E-state index contributed by atoms with van der Waals surface area (Å²) in [4.78, 5) is 22.7. The lowest BCUT2D eigenvalue weighted by atomic mass is 10.2. The number of aliphatic carboxylic acids is 1. The van der Waals surface area contributed by atoms with Gasteiger partial charge in [-0.1, -0.05) is 0 Å². The van der Waals surface area contributed by atoms with Gasteiger partial charge in [0.1, 0.15) is 11.9 Å². The maximum absolute atomic E-state index is 12.9. The first-order chi connectivity index (χ1) is 9.43. The molecule has 3 N–H and O–H groups in total. The molecule has 0 aliphatic heterocycles. The standard InChI is InChI=1S/C12H14FIN2O3S/c1-20-5-4-10(11(17)18)16-12(19)15-9-3-2-7(13)6-8(9)14/h2-3,6,10H,4-5H2,1H3,(H,17,18)(H2,15,16,19)/t10-/m1/s1. The molecule has 2 amide bonds. The number of rotatable bonds is 6. The molecule has 1 aromatic rings. The fourth-order valence-corrected chi connectivity index (χ4v) is 2.48. The lowest BCUT2D eigenvalue weighted by molar-refractivity contribution is -0.139. The Balaban J connectivity index is 2.63. The van der Waals surface area contributed by atoms with Crippen LogP contribution in [0, 0.1) is 9.39 Å². The lowest BCUT2D eigenvalue weighted by Crippen LogP contribution is -2.43. The van der Waals surface area contributed by atoms with Crippen LogP contribution in [0.3, 0.4) is 0 Å². The monoisotopic (exact) mass is 412 g/mol. The van der Waals surface area contributed by atoms with Crippen LogP contribution in [0.4, 0.5) is 14.9 Å². The fourth-order valence-electron chi connectivity index (χ4n) is 1.40. The van der Waals surface area contributed by atoms with Crippen LogP contribution in [0.5, 0.6) is 0 Å². The Morgan fingerprint density at radius 1 is 1.50 bits per heavy atom. The minimum atomic E-state index is -1.08. The lowest BCUT2D eigenvalue weighted by Gasteiger charge is -2.15. The minimum absolute atomic E-state index is 0.338. The smallest absolute Gasteiger partial charge is 0.326 e. The van der Waals surface area contributed by atoms with E-state index in [1.54, 1.807) is 0 Å². The highest BCUT2D eigenvalue weighted by Crippen LogP contribution is 2.18. The van der Waals surface area contributed by atoms with Gasteiger partial charge < -0.3 is 15.7 Å². The predicted molar refractivity (Wildman–Crippen MR) is 85.7 cm³/mol. The summed E-state index contributed by atoms with van der Waals surface area (Å²) in [6, 6.07) is 2.36. The number of nitrogens with one attached hydrogen (secondary N) is 2. The molecule has 0 aliphatic carbocycles. The molecule has 1 atom stereocenters. The van der Waals surface area contributed by atoms with Gasteiger partial charge in [-0.25, -0.2) is 14.0 Å². The van der Waals surface area contributed by atoms with E-state index in [0.717, 1.165) is 0 Å². The molecule has 0 aliphatic rings. The average Bonchev–Trinajstić information content (AvgIpc) is 2.37. The highest BCUT2D eigenvalue weighted by Gasteiger charge is 2.19. The van der Waals surface area contributed by atoms with Crippen molar-refractivity contribution in [1.29, 1.82) is 0 Å². The molecule has 0 saturated heterocycles. The second-order valence-electron chi connectivity index (χ2n) is 3.89. The van der Waals surface area contributed by atoms with E-state index in [4.69, 9.17) is 5.11 Å². The predicted octanol–water partition coefficient (Wildman–Crippen LogP) is 2.76. The number of carbonyl (C=O) groups is 2. The van der Waals surface area contributed by atoms with Crippen molar-refractivity contribution in [2.24, 2.45) is 0 Å². The summed E-state index contributed by atoms with van der Waals surface area (Å²) in [7, 11) is 0. The summed E-state index contributed by atoms with van der Waals surface area (Å²) in [6.45, 7) is 0. The van der Waals surface area contributed by atoms with Gasteiger partial charge in [0.15, 0.2) is 0 Å². The quantitative estimate of drug-likeness (QED) is 0.628. The van der Waals surface area contributed by atoms with E-state index in [9.17, 15) is 14.0 Å². The molecule has 0 unspecified atom stereocenters. The molecule has 110 valence electrons. The average molecular weight is 412 g/mol. The molecule has 0 spiro atoms. The molecule has 1 aromatic carbocycles. The van der Waals surface area contributed by atoms with E-state index in [2.05, 4.69) is 10.6 Å². The normalized spacial score (nSPS) is 11.8. The number of hydrogen-bond acceptors (Lipinski definition) is 3. The maximum Gasteiger partial charge on any atom is 0.326 e. The second kappa shape index (κ2) is 8.30. The van der Waals surface area contributed by atoms with E-state index < -0.39 is 23.9 Å². The number of carbonyl (C=O) groups excluding carboxylic acids is 1. The first kappa shape index (κ1) is 17.0. The van der Waals surface area contributed by atoms with Gasteiger partial charge in [-0.05, 0) is 59.2 Å². The third-order valence-corrected chi connectivity index (χ3v) is 3.93. The zero-order chi connectivity index (χ0) is 15.1. The molecule has 8 heteroatoms. The third kappa shape index (κ3) is 5.53. The Kier molecular flexibility index (Phi) is 7.06. The molecule has 0 radical (unpaired) electrons. The Bertz CT molecular complexity index is 502. The van der Waals surface area contributed by atoms with Gasteiger partial charge in [0, 0.05) is 3.57 Å². The SMILES string of the molecule is CSCC[C@@H](NC(=O)Nc1ccc(F)cc1I)C(=O)O. The van der Waals surface area contributed by atoms with Crippen molar-refractivity contribution in [3.8, 4) is 0 Å². The van der Waals surface area contributed by atoms with E-state index in [0.29, 0.717) is 21.4 Å². The number of amides is 2. The van der Waals surface area contributed by atoms with Gasteiger partial charge >= 0.3 is 12.0 Å². The molecular weight excluding hydrogens is 398 g/mol. The zero-order valence-electron chi connectivity index (χ0n) is 10.7. The molecular formula is C12H14FIN2O3S. The number of carboxylic acid groups (broad SMARTS) is 1. The van der Waals surface area contributed by atoms with Crippen LogP contribution < -0.4 is 10.6 Å². The fraction of sp³-hybridized carbons (Fsp3) is 0.333. The van der Waals surface area contributed by atoms with Crippen LogP contribution >= 0.6 is 34.4 Å². The summed E-state index contributed by atoms with van der Waals surface area (Å²) < 4.78 is 13.5. The molecule has 0 aromatic heterocycles. The molecule has 1 rings (SSSR count). The number of carboxylic acids is 1. The van der Waals surface area contributed by atoms with E-state index >= 15 is 0 Å². The van der Waals surface area contributed by atoms with Gasteiger partial charge in [0.05, 0.1) is 5.69 Å². The van der Waals surface area contributed by atoms with Gasteiger partial charge in [0.25, 0.3) is 0 Å². The third-order valence-electron chi connectivity index (χ3n) is 2.39. The van der Waals surface area contributed by atoms with E-state index in [-0.39, 0.29) is 0 Å². The van der Waals surface area contributed by atoms with E-state index in [1.807, 2.05) is 28.8 Å². The summed E-state index contributed by atoms with van der Waals surface area (Å²) in [5.41, 5.74) is 0.429. The van der Waals surface area contributed by atoms with Gasteiger partial charge in [-0.15, -0.1) is 0 Å². The number of benzene rings is 1. The van der Waals surface area contributed by atoms with Crippen molar-refractivity contribution in [2.45, 2.75) is 12.5 Å². The van der Waals surface area contributed by atoms with Gasteiger partial charge in [0.2, 0.25) is 0 Å². The molecule has 0 bridgehead atoms. The maximum atomic E-state index is 12.9. The first-order valence-electron chi connectivity index (χ1n) is 5.68. The van der Waals surface area contributed by atoms with Crippen molar-refractivity contribution < 1.29 is 19.1 Å². The Morgan fingerprint density at radius 3 is 2.75 bits per heavy atom. The zero-order valence-corrected chi connectivity index (χ0v) is 13.6. The number of thioether (sulfide) groups is 1. The molecule has 0 saturated carbocycles. The topological polar surface area (TPSA) is 78.4 Å². The van der Waals surface area contributed by atoms with E-state index in [1.165, 1.54) is 30.0 Å². The van der Waals surface area contributed by atoms with Crippen LogP contribution in [0.2, 0.25) is 0 Å². The number of halogens is 2. The Hall–Kier alpha value is -1.03. The number of hydrogen-bond donors (Lipinski definition) is 3. The van der Waals surface area contributed by atoms with Crippen LogP contribution in [-0.4, -0.2) is 35.2 Å². The van der Waals surface area contributed by atoms with Crippen molar-refractivity contribution >= 4 is 52.0 Å². The number of urea groups is 1.